The molecule has 1 aliphatic rings. The summed E-state index contributed by atoms with van der Waals surface area (Å²) in [5.41, 5.74) is 1.89. The molecule has 3 heteroatoms. The van der Waals surface area contributed by atoms with Gasteiger partial charge in [0.1, 0.15) is 5.78 Å². The van der Waals surface area contributed by atoms with Crippen molar-refractivity contribution in [1.29, 1.82) is 0 Å². The molecule has 0 aromatic heterocycles. The van der Waals surface area contributed by atoms with E-state index in [2.05, 4.69) is 23.5 Å². The van der Waals surface area contributed by atoms with E-state index in [4.69, 9.17) is 0 Å². The molecule has 0 saturated heterocycles. The lowest BCUT2D eigenvalue weighted by Gasteiger charge is -2.29. The number of hydrogen-bond acceptors (Lipinski definition) is 3. The van der Waals surface area contributed by atoms with Gasteiger partial charge in [-0.25, -0.2) is 0 Å². The summed E-state index contributed by atoms with van der Waals surface area (Å²) in [6, 6.07) is 12.7. The van der Waals surface area contributed by atoms with Gasteiger partial charge < -0.3 is 10.1 Å². The molecule has 3 nitrogen and oxygen atoms in total. The fourth-order valence-corrected chi connectivity index (χ4v) is 3.71. The largest absolute Gasteiger partial charge is 0.382 e. The molecular formula is C21H25NO2. The van der Waals surface area contributed by atoms with Gasteiger partial charge in [-0.05, 0) is 74.4 Å². The minimum absolute atomic E-state index is 0.0985. The van der Waals surface area contributed by atoms with Crippen molar-refractivity contribution in [3.05, 3.63) is 42.0 Å². The Hall–Kier alpha value is -2.16. The standard InChI is InChI=1S/C21H25NO2/c1-14(23)11-16-3-8-20(9-4-16)22-21-10-7-18-12-17(15(2)24)5-6-19(18)13-21/h5-7,10,12-13,16,20,22H,3-4,8-9,11H2,1-2H3. The van der Waals surface area contributed by atoms with Crippen molar-refractivity contribution in [1.82, 2.24) is 0 Å². The van der Waals surface area contributed by atoms with Gasteiger partial charge in [0, 0.05) is 23.7 Å². The quantitative estimate of drug-likeness (QED) is 0.788. The maximum Gasteiger partial charge on any atom is 0.159 e. The number of anilines is 1. The molecule has 0 spiro atoms. The molecule has 0 radical (unpaired) electrons. The lowest BCUT2D eigenvalue weighted by atomic mass is 9.83. The van der Waals surface area contributed by atoms with Gasteiger partial charge in [-0.1, -0.05) is 18.2 Å². The Labute approximate surface area is 143 Å². The van der Waals surface area contributed by atoms with E-state index in [9.17, 15) is 9.59 Å². The molecule has 0 amide bonds. The first-order valence-electron chi connectivity index (χ1n) is 8.82. The second-order valence-corrected chi connectivity index (χ2v) is 7.10. The molecule has 0 atom stereocenters. The third-order valence-electron chi connectivity index (χ3n) is 5.04. The number of carbonyl (C=O) groups excluding carboxylic acids is 2. The molecule has 0 unspecified atom stereocenters. The minimum Gasteiger partial charge on any atom is -0.382 e. The van der Waals surface area contributed by atoms with E-state index in [1.54, 1.807) is 13.8 Å². The predicted molar refractivity (Wildman–Crippen MR) is 98.6 cm³/mol. The van der Waals surface area contributed by atoms with Crippen LogP contribution in [-0.4, -0.2) is 17.6 Å². The summed E-state index contributed by atoms with van der Waals surface area (Å²) in [6.07, 6.45) is 5.25. The molecule has 1 N–H and O–H groups in total. The van der Waals surface area contributed by atoms with Crippen molar-refractivity contribution in [2.75, 3.05) is 5.32 Å². The SMILES string of the molecule is CC(=O)CC1CCC(Nc2ccc3cc(C(C)=O)ccc3c2)CC1. The fraction of sp³-hybridized carbons (Fsp3) is 0.429. The van der Waals surface area contributed by atoms with Gasteiger partial charge in [-0.2, -0.15) is 0 Å². The topological polar surface area (TPSA) is 46.2 Å². The van der Waals surface area contributed by atoms with Crippen molar-refractivity contribution in [3.63, 3.8) is 0 Å². The third-order valence-corrected chi connectivity index (χ3v) is 5.04. The number of hydrogen-bond donors (Lipinski definition) is 1. The Balaban J connectivity index is 1.65. The van der Waals surface area contributed by atoms with Gasteiger partial charge in [0.25, 0.3) is 0 Å². The predicted octanol–water partition coefficient (Wildman–Crippen LogP) is 4.99. The summed E-state index contributed by atoms with van der Waals surface area (Å²) < 4.78 is 0. The molecule has 2 aromatic carbocycles. The Bertz CT molecular complexity index is 758. The normalized spacial score (nSPS) is 20.8. The number of benzene rings is 2. The Morgan fingerprint density at radius 3 is 2.29 bits per heavy atom. The first kappa shape index (κ1) is 16.7. The first-order chi connectivity index (χ1) is 11.5. The summed E-state index contributed by atoms with van der Waals surface area (Å²) in [7, 11) is 0. The number of rotatable bonds is 5. The average molecular weight is 323 g/mol. The van der Waals surface area contributed by atoms with Crippen molar-refractivity contribution in [3.8, 4) is 0 Å². The monoisotopic (exact) mass is 323 g/mol. The Morgan fingerprint density at radius 2 is 1.62 bits per heavy atom. The molecule has 1 saturated carbocycles. The summed E-state index contributed by atoms with van der Waals surface area (Å²) in [6.45, 7) is 3.29. The van der Waals surface area contributed by atoms with E-state index in [0.717, 1.165) is 54.1 Å². The van der Waals surface area contributed by atoms with Crippen LogP contribution >= 0.6 is 0 Å². The lowest BCUT2D eigenvalue weighted by Crippen LogP contribution is -2.26. The summed E-state index contributed by atoms with van der Waals surface area (Å²) in [5.74, 6) is 0.981. The van der Waals surface area contributed by atoms with Crippen molar-refractivity contribution < 1.29 is 9.59 Å². The van der Waals surface area contributed by atoms with Gasteiger partial charge in [-0.15, -0.1) is 0 Å². The van der Waals surface area contributed by atoms with Crippen LogP contribution < -0.4 is 5.32 Å². The highest BCUT2D eigenvalue weighted by molar-refractivity contribution is 5.99. The average Bonchev–Trinajstić information content (AvgIpc) is 2.55. The summed E-state index contributed by atoms with van der Waals surface area (Å²) in [4.78, 5) is 22.7. The molecule has 0 aliphatic heterocycles. The van der Waals surface area contributed by atoms with Crippen LogP contribution in [0.15, 0.2) is 36.4 Å². The second kappa shape index (κ2) is 7.16. The van der Waals surface area contributed by atoms with Crippen molar-refractivity contribution >= 4 is 28.0 Å². The molecule has 1 aliphatic carbocycles. The van der Waals surface area contributed by atoms with E-state index in [1.165, 1.54) is 0 Å². The molecule has 0 heterocycles. The minimum atomic E-state index is 0.0985. The highest BCUT2D eigenvalue weighted by Crippen LogP contribution is 2.30. The number of nitrogens with one attached hydrogen (secondary N) is 1. The number of Topliss-reactive ketones (excluding diaryl/α,β-unsaturated/α-hetero) is 2. The molecule has 24 heavy (non-hydrogen) atoms. The first-order valence-corrected chi connectivity index (χ1v) is 8.82. The van der Waals surface area contributed by atoms with E-state index < -0.39 is 0 Å². The molecule has 126 valence electrons. The van der Waals surface area contributed by atoms with E-state index in [1.807, 2.05) is 18.2 Å². The van der Waals surface area contributed by atoms with Gasteiger partial charge in [-0.3, -0.25) is 4.79 Å². The van der Waals surface area contributed by atoms with Crippen LogP contribution in [0.2, 0.25) is 0 Å². The number of fused-ring (bicyclic) bond motifs is 1. The highest BCUT2D eigenvalue weighted by Gasteiger charge is 2.21. The Morgan fingerprint density at radius 1 is 0.958 bits per heavy atom. The van der Waals surface area contributed by atoms with E-state index in [-0.39, 0.29) is 5.78 Å². The van der Waals surface area contributed by atoms with Crippen LogP contribution in [0.5, 0.6) is 0 Å². The van der Waals surface area contributed by atoms with Crippen LogP contribution in [0, 0.1) is 5.92 Å². The van der Waals surface area contributed by atoms with Gasteiger partial charge in [0.2, 0.25) is 0 Å². The third kappa shape index (κ3) is 4.02. The zero-order valence-corrected chi connectivity index (χ0v) is 14.5. The molecule has 3 rings (SSSR count). The summed E-state index contributed by atoms with van der Waals surface area (Å²) in [5, 5.41) is 5.88. The van der Waals surface area contributed by atoms with Crippen molar-refractivity contribution in [2.24, 2.45) is 5.92 Å². The molecule has 0 bridgehead atoms. The fourth-order valence-electron chi connectivity index (χ4n) is 3.71. The number of ketones is 2. The van der Waals surface area contributed by atoms with E-state index in [0.29, 0.717) is 17.7 Å². The number of carbonyl (C=O) groups is 2. The molecule has 1 fully saturated rings. The maximum atomic E-state index is 11.5. The van der Waals surface area contributed by atoms with Crippen LogP contribution in [0.3, 0.4) is 0 Å². The van der Waals surface area contributed by atoms with E-state index >= 15 is 0 Å². The zero-order valence-electron chi connectivity index (χ0n) is 14.5. The van der Waals surface area contributed by atoms with Crippen molar-refractivity contribution in [2.45, 2.75) is 52.0 Å². The lowest BCUT2D eigenvalue weighted by molar-refractivity contribution is -0.118. The van der Waals surface area contributed by atoms with Gasteiger partial charge in [0.15, 0.2) is 5.78 Å². The van der Waals surface area contributed by atoms with Crippen LogP contribution in [0.1, 0.15) is 56.3 Å². The Kier molecular flexibility index (Phi) is 4.98. The van der Waals surface area contributed by atoms with Gasteiger partial charge in [0.05, 0.1) is 0 Å². The van der Waals surface area contributed by atoms with Crippen LogP contribution in [-0.2, 0) is 4.79 Å². The van der Waals surface area contributed by atoms with Crippen LogP contribution in [0.4, 0.5) is 5.69 Å². The molecule has 2 aromatic rings. The maximum absolute atomic E-state index is 11.5. The smallest absolute Gasteiger partial charge is 0.159 e. The van der Waals surface area contributed by atoms with Crippen LogP contribution in [0.25, 0.3) is 10.8 Å². The zero-order chi connectivity index (χ0) is 17.1. The highest BCUT2D eigenvalue weighted by atomic mass is 16.1. The molecular weight excluding hydrogens is 298 g/mol. The van der Waals surface area contributed by atoms with Gasteiger partial charge >= 0.3 is 0 Å². The second-order valence-electron chi connectivity index (χ2n) is 7.10. The summed E-state index contributed by atoms with van der Waals surface area (Å²) >= 11 is 0.